The molecule has 30 heavy (non-hydrogen) atoms. The molecular formula is C23H27ClN4OS. The number of halogens is 1. The average Bonchev–Trinajstić information content (AvgIpc) is 3.19. The van der Waals surface area contributed by atoms with Gasteiger partial charge in [-0.1, -0.05) is 53.6 Å². The summed E-state index contributed by atoms with van der Waals surface area (Å²) >= 11 is 8.00. The van der Waals surface area contributed by atoms with E-state index < -0.39 is 6.04 Å². The molecule has 1 N–H and O–H groups in total. The summed E-state index contributed by atoms with van der Waals surface area (Å²) in [5.74, 6) is -0.0659. The molecule has 0 bridgehead atoms. The minimum absolute atomic E-state index is 0.0659. The Labute approximate surface area is 187 Å². The fraction of sp³-hybridized carbons (Fsp3) is 0.304. The second kappa shape index (κ2) is 10.1. The van der Waals surface area contributed by atoms with Crippen molar-refractivity contribution in [2.75, 3.05) is 32.1 Å². The van der Waals surface area contributed by atoms with Crippen LogP contribution in [0.15, 0.2) is 53.9 Å². The Morgan fingerprint density at radius 2 is 1.87 bits per heavy atom. The van der Waals surface area contributed by atoms with Crippen molar-refractivity contribution < 1.29 is 4.79 Å². The van der Waals surface area contributed by atoms with Crippen LogP contribution in [0.2, 0.25) is 5.02 Å². The van der Waals surface area contributed by atoms with E-state index in [2.05, 4.69) is 36.5 Å². The topological polar surface area (TPSA) is 48.5 Å². The summed E-state index contributed by atoms with van der Waals surface area (Å²) in [6, 6.07) is 15.3. The standard InChI is InChI=1S/C23H27ClN4OS/c1-16-9-11-18(12-10-16)20-15-30-23(26-20)28(21-8-6-5-7-19(21)24)17(2)22(29)25-13-14-27(3)4/h5-12,15,17H,13-14H2,1-4H3,(H,25,29). The largest absolute Gasteiger partial charge is 0.353 e. The van der Waals surface area contributed by atoms with E-state index in [9.17, 15) is 4.79 Å². The maximum atomic E-state index is 12.9. The zero-order valence-electron chi connectivity index (χ0n) is 17.7. The number of carbonyl (C=O) groups excluding carboxylic acids is 1. The van der Waals surface area contributed by atoms with Crippen molar-refractivity contribution >= 4 is 39.7 Å². The average molecular weight is 443 g/mol. The molecule has 1 atom stereocenters. The number of hydrogen-bond acceptors (Lipinski definition) is 5. The van der Waals surface area contributed by atoms with Gasteiger partial charge in [-0.3, -0.25) is 4.79 Å². The number of para-hydroxylation sites is 1. The Kier molecular flexibility index (Phi) is 7.48. The molecule has 0 aliphatic carbocycles. The quantitative estimate of drug-likeness (QED) is 0.534. The monoisotopic (exact) mass is 442 g/mol. The molecule has 0 saturated carbocycles. The van der Waals surface area contributed by atoms with E-state index in [-0.39, 0.29) is 5.91 Å². The maximum Gasteiger partial charge on any atom is 0.242 e. The first-order valence-electron chi connectivity index (χ1n) is 9.85. The summed E-state index contributed by atoms with van der Waals surface area (Å²) < 4.78 is 0. The van der Waals surface area contributed by atoms with Gasteiger partial charge in [-0.2, -0.15) is 0 Å². The first kappa shape index (κ1) is 22.3. The lowest BCUT2D eigenvalue weighted by Gasteiger charge is -2.29. The van der Waals surface area contributed by atoms with E-state index >= 15 is 0 Å². The lowest BCUT2D eigenvalue weighted by atomic mass is 10.1. The first-order chi connectivity index (χ1) is 14.4. The predicted molar refractivity (Wildman–Crippen MR) is 127 cm³/mol. The van der Waals surface area contributed by atoms with Crippen LogP contribution in [-0.4, -0.2) is 49.0 Å². The third-order valence-corrected chi connectivity index (χ3v) is 5.94. The zero-order chi connectivity index (χ0) is 21.7. The van der Waals surface area contributed by atoms with Crippen LogP contribution in [0.1, 0.15) is 12.5 Å². The van der Waals surface area contributed by atoms with Gasteiger partial charge in [0.2, 0.25) is 5.91 Å². The van der Waals surface area contributed by atoms with Crippen molar-refractivity contribution in [3.63, 3.8) is 0 Å². The Hall–Kier alpha value is -2.41. The predicted octanol–water partition coefficient (Wildman–Crippen LogP) is 4.98. The van der Waals surface area contributed by atoms with Gasteiger partial charge in [0.15, 0.2) is 5.13 Å². The molecular weight excluding hydrogens is 416 g/mol. The number of amides is 1. The van der Waals surface area contributed by atoms with Gasteiger partial charge in [0.1, 0.15) is 6.04 Å². The third-order valence-electron chi connectivity index (χ3n) is 4.78. The SMILES string of the molecule is Cc1ccc(-c2csc(N(c3ccccc3Cl)C(C)C(=O)NCCN(C)C)n2)cc1. The fourth-order valence-electron chi connectivity index (χ4n) is 3.02. The van der Waals surface area contributed by atoms with Gasteiger partial charge < -0.3 is 15.1 Å². The molecule has 1 unspecified atom stereocenters. The van der Waals surface area contributed by atoms with E-state index in [4.69, 9.17) is 16.6 Å². The number of aromatic nitrogens is 1. The molecule has 0 saturated heterocycles. The number of carbonyl (C=O) groups is 1. The Morgan fingerprint density at radius 3 is 2.53 bits per heavy atom. The highest BCUT2D eigenvalue weighted by Gasteiger charge is 2.27. The molecule has 1 amide bonds. The van der Waals surface area contributed by atoms with Crippen LogP contribution in [-0.2, 0) is 4.79 Å². The second-order valence-corrected chi connectivity index (χ2v) is 8.72. The van der Waals surface area contributed by atoms with Crippen molar-refractivity contribution in [3.05, 3.63) is 64.5 Å². The Morgan fingerprint density at radius 1 is 1.17 bits per heavy atom. The van der Waals surface area contributed by atoms with Gasteiger partial charge in [-0.05, 0) is 40.1 Å². The lowest BCUT2D eigenvalue weighted by Crippen LogP contribution is -2.44. The van der Waals surface area contributed by atoms with Crippen LogP contribution in [0.4, 0.5) is 10.8 Å². The summed E-state index contributed by atoms with van der Waals surface area (Å²) in [5.41, 5.74) is 3.90. The smallest absolute Gasteiger partial charge is 0.242 e. The molecule has 0 aliphatic heterocycles. The third kappa shape index (κ3) is 5.39. The summed E-state index contributed by atoms with van der Waals surface area (Å²) in [6.45, 7) is 5.30. The van der Waals surface area contributed by atoms with Crippen LogP contribution in [0, 0.1) is 6.92 Å². The van der Waals surface area contributed by atoms with Crippen molar-refractivity contribution in [2.24, 2.45) is 0 Å². The number of benzene rings is 2. The van der Waals surface area contributed by atoms with Gasteiger partial charge in [-0.15, -0.1) is 11.3 Å². The highest BCUT2D eigenvalue weighted by atomic mass is 35.5. The molecule has 0 aliphatic rings. The molecule has 7 heteroatoms. The molecule has 1 heterocycles. The normalized spacial score (nSPS) is 12.1. The number of thiazole rings is 1. The van der Waals surface area contributed by atoms with E-state index in [0.29, 0.717) is 11.6 Å². The number of rotatable bonds is 8. The number of aryl methyl sites for hydroxylation is 1. The van der Waals surface area contributed by atoms with Crippen LogP contribution in [0.25, 0.3) is 11.3 Å². The summed E-state index contributed by atoms with van der Waals surface area (Å²) in [4.78, 5) is 21.7. The number of hydrogen-bond donors (Lipinski definition) is 1. The highest BCUT2D eigenvalue weighted by molar-refractivity contribution is 7.14. The van der Waals surface area contributed by atoms with Crippen molar-refractivity contribution in [2.45, 2.75) is 19.9 Å². The highest BCUT2D eigenvalue weighted by Crippen LogP contribution is 2.37. The zero-order valence-corrected chi connectivity index (χ0v) is 19.3. The molecule has 0 radical (unpaired) electrons. The van der Waals surface area contributed by atoms with Crippen molar-refractivity contribution in [1.82, 2.24) is 15.2 Å². The molecule has 1 aromatic heterocycles. The molecule has 2 aromatic carbocycles. The van der Waals surface area contributed by atoms with Gasteiger partial charge in [-0.25, -0.2) is 4.98 Å². The van der Waals surface area contributed by atoms with Crippen molar-refractivity contribution in [1.29, 1.82) is 0 Å². The minimum Gasteiger partial charge on any atom is -0.353 e. The number of likely N-dealkylation sites (N-methyl/N-ethyl adjacent to an activating group) is 1. The van der Waals surface area contributed by atoms with Crippen LogP contribution < -0.4 is 10.2 Å². The Balaban J connectivity index is 1.92. The summed E-state index contributed by atoms with van der Waals surface area (Å²) in [7, 11) is 3.96. The van der Waals surface area contributed by atoms with Gasteiger partial charge in [0.05, 0.1) is 16.4 Å². The fourth-order valence-corrected chi connectivity index (χ4v) is 4.18. The van der Waals surface area contributed by atoms with Crippen LogP contribution in [0.5, 0.6) is 0 Å². The number of nitrogens with zero attached hydrogens (tertiary/aromatic N) is 3. The van der Waals surface area contributed by atoms with E-state index in [0.717, 1.165) is 28.6 Å². The number of anilines is 2. The van der Waals surface area contributed by atoms with E-state index in [1.54, 1.807) is 0 Å². The lowest BCUT2D eigenvalue weighted by molar-refractivity contribution is -0.121. The summed E-state index contributed by atoms with van der Waals surface area (Å²) in [5, 5.41) is 6.34. The molecule has 0 spiro atoms. The number of nitrogens with one attached hydrogen (secondary N) is 1. The minimum atomic E-state index is -0.468. The van der Waals surface area contributed by atoms with Crippen molar-refractivity contribution in [3.8, 4) is 11.3 Å². The van der Waals surface area contributed by atoms with E-state index in [1.165, 1.54) is 16.9 Å². The van der Waals surface area contributed by atoms with Crippen LogP contribution in [0.3, 0.4) is 0 Å². The van der Waals surface area contributed by atoms with E-state index in [1.807, 2.05) is 60.5 Å². The molecule has 3 rings (SSSR count). The molecule has 158 valence electrons. The molecule has 0 fully saturated rings. The van der Waals surface area contributed by atoms with Gasteiger partial charge in [0, 0.05) is 24.0 Å². The van der Waals surface area contributed by atoms with Gasteiger partial charge in [0.25, 0.3) is 0 Å². The summed E-state index contributed by atoms with van der Waals surface area (Å²) in [6.07, 6.45) is 0. The van der Waals surface area contributed by atoms with Gasteiger partial charge >= 0.3 is 0 Å². The second-order valence-electron chi connectivity index (χ2n) is 7.47. The molecule has 5 nitrogen and oxygen atoms in total. The maximum absolute atomic E-state index is 12.9. The molecule has 3 aromatic rings. The first-order valence-corrected chi connectivity index (χ1v) is 11.1. The van der Waals surface area contributed by atoms with Crippen LogP contribution >= 0.6 is 22.9 Å². The Bertz CT molecular complexity index is 987.